The van der Waals surface area contributed by atoms with Crippen molar-refractivity contribution in [3.05, 3.63) is 34.6 Å². The molecule has 3 nitrogen and oxygen atoms in total. The highest BCUT2D eigenvalue weighted by Crippen LogP contribution is 2.41. The minimum absolute atomic E-state index is 0.136. The second-order valence-corrected chi connectivity index (χ2v) is 5.77. The van der Waals surface area contributed by atoms with Crippen LogP contribution in [0.15, 0.2) is 6.07 Å². The largest absolute Gasteiger partial charge is 0.382 e. The van der Waals surface area contributed by atoms with Crippen LogP contribution in [-0.2, 0) is 10.3 Å². The Hall–Kier alpha value is -1.40. The predicted molar refractivity (Wildman–Crippen MR) is 71.3 cm³/mol. The van der Waals surface area contributed by atoms with Gasteiger partial charge in [-0.05, 0) is 40.2 Å². The molecule has 116 valence electrons. The molecule has 1 aromatic rings. The van der Waals surface area contributed by atoms with E-state index in [-0.39, 0.29) is 18.4 Å². The number of hydrogen-bond acceptors (Lipinski definition) is 3. The first kappa shape index (κ1) is 16.0. The molecule has 1 aliphatic carbocycles. The van der Waals surface area contributed by atoms with E-state index >= 15 is 0 Å². The quantitative estimate of drug-likeness (QED) is 0.881. The molecule has 1 aromatic carbocycles. The lowest BCUT2D eigenvalue weighted by Crippen LogP contribution is -2.59. The normalized spacial score (nSPS) is 29.8. The van der Waals surface area contributed by atoms with Crippen molar-refractivity contribution < 1.29 is 23.1 Å². The minimum Gasteiger partial charge on any atom is -0.382 e. The molecule has 0 aromatic heterocycles. The molecule has 2 unspecified atom stereocenters. The maximum atomic E-state index is 14.4. The molecule has 0 amide bonds. The van der Waals surface area contributed by atoms with Crippen molar-refractivity contribution in [3.63, 3.8) is 0 Å². The number of hydrogen-bond donors (Lipinski definition) is 2. The van der Waals surface area contributed by atoms with Crippen molar-refractivity contribution in [2.75, 3.05) is 7.05 Å². The highest BCUT2D eigenvalue weighted by molar-refractivity contribution is 5.97. The SMILES string of the molecule is CNC1(c2c(F)cc(F)c(C)c2F)CCCC(C)(O)C1=O. The van der Waals surface area contributed by atoms with Crippen LogP contribution < -0.4 is 5.32 Å². The van der Waals surface area contributed by atoms with Crippen LogP contribution in [0.3, 0.4) is 0 Å². The summed E-state index contributed by atoms with van der Waals surface area (Å²) in [6.45, 7) is 2.51. The summed E-state index contributed by atoms with van der Waals surface area (Å²) >= 11 is 0. The standard InChI is InChI=1S/C15H18F3NO2/c1-8-9(16)7-10(17)11(12(8)18)15(19-3)6-4-5-14(2,21)13(15)20/h7,19,21H,4-6H2,1-3H3. The monoisotopic (exact) mass is 301 g/mol. The number of halogens is 3. The second-order valence-electron chi connectivity index (χ2n) is 5.77. The van der Waals surface area contributed by atoms with E-state index in [1.165, 1.54) is 20.9 Å². The van der Waals surface area contributed by atoms with Crippen LogP contribution in [0.4, 0.5) is 13.2 Å². The fourth-order valence-corrected chi connectivity index (χ4v) is 3.07. The van der Waals surface area contributed by atoms with Gasteiger partial charge in [-0.25, -0.2) is 13.2 Å². The van der Waals surface area contributed by atoms with E-state index in [1.807, 2.05) is 0 Å². The van der Waals surface area contributed by atoms with Crippen LogP contribution in [0, 0.1) is 24.4 Å². The van der Waals surface area contributed by atoms with Gasteiger partial charge in [-0.2, -0.15) is 0 Å². The number of Topliss-reactive ketones (excluding diaryl/α,β-unsaturated/α-hetero) is 1. The zero-order valence-corrected chi connectivity index (χ0v) is 12.2. The number of nitrogens with one attached hydrogen (secondary N) is 1. The van der Waals surface area contributed by atoms with Gasteiger partial charge in [-0.15, -0.1) is 0 Å². The van der Waals surface area contributed by atoms with Crippen LogP contribution in [0.1, 0.15) is 37.3 Å². The lowest BCUT2D eigenvalue weighted by molar-refractivity contribution is -0.148. The van der Waals surface area contributed by atoms with E-state index in [0.717, 1.165) is 0 Å². The summed E-state index contributed by atoms with van der Waals surface area (Å²) in [7, 11) is 1.40. The molecule has 0 saturated heterocycles. The number of aliphatic hydroxyl groups is 1. The fourth-order valence-electron chi connectivity index (χ4n) is 3.07. The van der Waals surface area contributed by atoms with Crippen LogP contribution in [0.5, 0.6) is 0 Å². The summed E-state index contributed by atoms with van der Waals surface area (Å²) in [6.07, 6.45) is 0.769. The Labute approximate surface area is 121 Å². The molecule has 6 heteroatoms. The molecule has 0 spiro atoms. The Bertz CT molecular complexity index is 601. The molecule has 2 atom stereocenters. The molecule has 1 aliphatic rings. The van der Waals surface area contributed by atoms with Gasteiger partial charge in [0.05, 0.1) is 5.56 Å². The highest BCUT2D eigenvalue weighted by atomic mass is 19.1. The van der Waals surface area contributed by atoms with Gasteiger partial charge in [0.1, 0.15) is 28.6 Å². The number of likely N-dealkylation sites (N-methyl/N-ethyl adjacent to an activating group) is 1. The lowest BCUT2D eigenvalue weighted by atomic mass is 9.68. The molecule has 0 heterocycles. The first-order chi connectivity index (χ1) is 9.67. The van der Waals surface area contributed by atoms with Gasteiger partial charge in [-0.3, -0.25) is 4.79 Å². The third-order valence-electron chi connectivity index (χ3n) is 4.34. The zero-order chi connectivity index (χ0) is 16.0. The van der Waals surface area contributed by atoms with Crippen LogP contribution in [0.25, 0.3) is 0 Å². The van der Waals surface area contributed by atoms with Crippen LogP contribution >= 0.6 is 0 Å². The van der Waals surface area contributed by atoms with Crippen molar-refractivity contribution >= 4 is 5.78 Å². The molecule has 1 saturated carbocycles. The lowest BCUT2D eigenvalue weighted by Gasteiger charge is -2.42. The van der Waals surface area contributed by atoms with Crippen molar-refractivity contribution in [3.8, 4) is 0 Å². The Morgan fingerprint density at radius 2 is 1.86 bits per heavy atom. The summed E-state index contributed by atoms with van der Waals surface area (Å²) < 4.78 is 42.0. The number of rotatable bonds is 2. The molecule has 0 bridgehead atoms. The number of carbonyl (C=O) groups excluding carboxylic acids is 1. The first-order valence-electron chi connectivity index (χ1n) is 6.78. The average molecular weight is 301 g/mol. The maximum absolute atomic E-state index is 14.4. The molecule has 0 aliphatic heterocycles. The maximum Gasteiger partial charge on any atom is 0.188 e. The van der Waals surface area contributed by atoms with Crippen molar-refractivity contribution in [2.24, 2.45) is 0 Å². The number of benzene rings is 1. The van der Waals surface area contributed by atoms with E-state index in [4.69, 9.17) is 0 Å². The molecule has 2 rings (SSSR count). The van der Waals surface area contributed by atoms with E-state index in [2.05, 4.69) is 5.32 Å². The van der Waals surface area contributed by atoms with Crippen molar-refractivity contribution in [1.82, 2.24) is 5.32 Å². The van der Waals surface area contributed by atoms with Crippen LogP contribution in [0.2, 0.25) is 0 Å². The number of carbonyl (C=O) groups is 1. The smallest absolute Gasteiger partial charge is 0.188 e. The Morgan fingerprint density at radius 1 is 1.24 bits per heavy atom. The van der Waals surface area contributed by atoms with E-state index < -0.39 is 39.9 Å². The van der Waals surface area contributed by atoms with Gasteiger partial charge in [-0.1, -0.05) is 0 Å². The van der Waals surface area contributed by atoms with E-state index in [0.29, 0.717) is 12.5 Å². The summed E-state index contributed by atoms with van der Waals surface area (Å²) in [5, 5.41) is 12.8. The fraction of sp³-hybridized carbons (Fsp3) is 0.533. The Balaban J connectivity index is 2.73. The molecule has 1 fully saturated rings. The van der Waals surface area contributed by atoms with Crippen molar-refractivity contribution in [1.29, 1.82) is 0 Å². The third kappa shape index (κ3) is 2.26. The predicted octanol–water partition coefficient (Wildman–Crippen LogP) is 2.33. The summed E-state index contributed by atoms with van der Waals surface area (Å²) in [4.78, 5) is 12.6. The van der Waals surface area contributed by atoms with E-state index in [1.54, 1.807) is 0 Å². The molecular weight excluding hydrogens is 283 g/mol. The Kier molecular flexibility index (Phi) is 3.88. The third-order valence-corrected chi connectivity index (χ3v) is 4.34. The van der Waals surface area contributed by atoms with Gasteiger partial charge in [0.2, 0.25) is 0 Å². The second kappa shape index (κ2) is 5.10. The van der Waals surface area contributed by atoms with E-state index in [9.17, 15) is 23.1 Å². The topological polar surface area (TPSA) is 49.3 Å². The van der Waals surface area contributed by atoms with Crippen LogP contribution in [-0.4, -0.2) is 23.5 Å². The molecule has 0 radical (unpaired) electrons. The summed E-state index contributed by atoms with van der Waals surface area (Å²) in [5.74, 6) is -3.92. The first-order valence-corrected chi connectivity index (χ1v) is 6.78. The zero-order valence-electron chi connectivity index (χ0n) is 12.2. The molecule has 2 N–H and O–H groups in total. The Morgan fingerprint density at radius 3 is 2.43 bits per heavy atom. The highest BCUT2D eigenvalue weighted by Gasteiger charge is 2.53. The number of ketones is 1. The summed E-state index contributed by atoms with van der Waals surface area (Å²) in [5.41, 5.74) is -4.23. The summed E-state index contributed by atoms with van der Waals surface area (Å²) in [6, 6.07) is 0.573. The minimum atomic E-state index is -1.69. The van der Waals surface area contributed by atoms with Gasteiger partial charge >= 0.3 is 0 Å². The molecular formula is C15H18F3NO2. The average Bonchev–Trinajstić information content (AvgIpc) is 2.41. The van der Waals surface area contributed by atoms with Gasteiger partial charge in [0.25, 0.3) is 0 Å². The van der Waals surface area contributed by atoms with Crippen molar-refractivity contribution in [2.45, 2.75) is 44.2 Å². The van der Waals surface area contributed by atoms with Gasteiger partial charge in [0, 0.05) is 11.6 Å². The molecule has 21 heavy (non-hydrogen) atoms. The van der Waals surface area contributed by atoms with Gasteiger partial charge in [0.15, 0.2) is 5.78 Å². The van der Waals surface area contributed by atoms with Gasteiger partial charge < -0.3 is 10.4 Å².